The Bertz CT molecular complexity index is 1400. The maximum absolute atomic E-state index is 5.36. The number of aryl methyl sites for hydroxylation is 1. The van der Waals surface area contributed by atoms with Gasteiger partial charge in [0.25, 0.3) is 0 Å². The lowest BCUT2D eigenvalue weighted by molar-refractivity contribution is 0.226. The Morgan fingerprint density at radius 1 is 1.03 bits per heavy atom. The second-order valence-electron chi connectivity index (χ2n) is 10.6. The molecule has 4 heterocycles. The van der Waals surface area contributed by atoms with Gasteiger partial charge in [0.1, 0.15) is 12.1 Å². The van der Waals surface area contributed by atoms with Crippen molar-refractivity contribution in [3.63, 3.8) is 0 Å². The quantitative estimate of drug-likeness (QED) is 0.380. The van der Waals surface area contributed by atoms with Crippen LogP contribution in [0, 0.1) is 12.8 Å². The normalized spacial score (nSPS) is 16.7. The Hall–Kier alpha value is -3.58. The van der Waals surface area contributed by atoms with Crippen LogP contribution in [0.4, 0.5) is 11.5 Å². The van der Waals surface area contributed by atoms with Crippen molar-refractivity contribution in [3.05, 3.63) is 65.5 Å². The number of aromatic nitrogens is 3. The van der Waals surface area contributed by atoms with E-state index in [4.69, 9.17) is 9.72 Å². The number of methoxy groups -OCH3 is 1. The van der Waals surface area contributed by atoms with Crippen LogP contribution in [0.15, 0.2) is 48.8 Å². The van der Waals surface area contributed by atoms with Crippen molar-refractivity contribution < 1.29 is 4.74 Å². The second kappa shape index (κ2) is 10.1. The summed E-state index contributed by atoms with van der Waals surface area (Å²) in [5.74, 6) is 2.52. The molecule has 0 amide bonds. The number of piperidine rings is 1. The van der Waals surface area contributed by atoms with Crippen LogP contribution < -0.4 is 15.0 Å². The van der Waals surface area contributed by atoms with Crippen LogP contribution in [-0.4, -0.2) is 60.2 Å². The molecule has 2 aliphatic heterocycles. The number of benzene rings is 2. The van der Waals surface area contributed by atoms with Crippen LogP contribution in [0.1, 0.15) is 29.5 Å². The highest BCUT2D eigenvalue weighted by atomic mass is 16.5. The smallest absolute Gasteiger partial charge is 0.190 e. The maximum atomic E-state index is 5.36. The zero-order valence-electron chi connectivity index (χ0n) is 22.1. The third kappa shape index (κ3) is 4.88. The van der Waals surface area contributed by atoms with E-state index in [0.717, 1.165) is 71.4 Å². The Kier molecular flexibility index (Phi) is 6.47. The van der Waals surface area contributed by atoms with Gasteiger partial charge in [-0.25, -0.2) is 9.97 Å². The van der Waals surface area contributed by atoms with E-state index < -0.39 is 0 Å². The molecule has 0 spiro atoms. The van der Waals surface area contributed by atoms with Crippen LogP contribution in [0.2, 0.25) is 0 Å². The fourth-order valence-electron chi connectivity index (χ4n) is 5.78. The van der Waals surface area contributed by atoms with Gasteiger partial charge in [0.2, 0.25) is 0 Å². The molecule has 0 bridgehead atoms. The summed E-state index contributed by atoms with van der Waals surface area (Å²) in [7, 11) is 3.90. The highest BCUT2D eigenvalue weighted by Crippen LogP contribution is 2.34. The second-order valence-corrected chi connectivity index (χ2v) is 10.6. The van der Waals surface area contributed by atoms with E-state index in [1.807, 2.05) is 6.07 Å². The number of aromatic amines is 1. The van der Waals surface area contributed by atoms with Crippen molar-refractivity contribution in [2.75, 3.05) is 50.6 Å². The molecule has 37 heavy (non-hydrogen) atoms. The van der Waals surface area contributed by atoms with Gasteiger partial charge in [-0.3, -0.25) is 0 Å². The molecule has 2 aromatic heterocycles. The average Bonchev–Trinajstić information content (AvgIpc) is 3.42. The van der Waals surface area contributed by atoms with Crippen LogP contribution in [0.25, 0.3) is 22.2 Å². The molecular formula is C30H36N6O. The zero-order valence-corrected chi connectivity index (χ0v) is 22.1. The molecule has 0 radical (unpaired) electrons. The van der Waals surface area contributed by atoms with Gasteiger partial charge in [-0.15, -0.1) is 0 Å². The van der Waals surface area contributed by atoms with E-state index in [-0.39, 0.29) is 0 Å². The third-order valence-electron chi connectivity index (χ3n) is 8.05. The number of hydrogen-bond acceptors (Lipinski definition) is 6. The highest BCUT2D eigenvalue weighted by molar-refractivity contribution is 5.94. The summed E-state index contributed by atoms with van der Waals surface area (Å²) in [6.07, 6.45) is 5.28. The van der Waals surface area contributed by atoms with E-state index in [1.165, 1.54) is 42.7 Å². The molecule has 2 aromatic carbocycles. The molecule has 4 aromatic rings. The lowest BCUT2D eigenvalue weighted by Crippen LogP contribution is -2.33. The lowest BCUT2D eigenvalue weighted by Gasteiger charge is -2.31. The minimum absolute atomic E-state index is 0.755. The molecule has 1 fully saturated rings. The predicted molar refractivity (Wildman–Crippen MR) is 151 cm³/mol. The van der Waals surface area contributed by atoms with Gasteiger partial charge >= 0.3 is 0 Å². The first-order chi connectivity index (χ1) is 18.1. The van der Waals surface area contributed by atoms with E-state index in [2.05, 4.69) is 75.5 Å². The summed E-state index contributed by atoms with van der Waals surface area (Å²) in [6, 6.07) is 15.3. The first-order valence-electron chi connectivity index (χ1n) is 13.4. The fraction of sp³-hybridized carbons (Fsp3) is 0.400. The van der Waals surface area contributed by atoms with Gasteiger partial charge in [0, 0.05) is 42.5 Å². The van der Waals surface area contributed by atoms with Gasteiger partial charge in [0.15, 0.2) is 5.88 Å². The number of ether oxygens (including phenoxy) is 1. The SMILES string of the molecule is COc1ccc(-c2cc(C)c3ncnc(N4CCc5ccc(NCC6CCN(C)CC6)cc5C4)c3c2)[nH]1. The minimum Gasteiger partial charge on any atom is -0.482 e. The number of H-pyrrole nitrogens is 1. The summed E-state index contributed by atoms with van der Waals surface area (Å²) in [5.41, 5.74) is 8.34. The summed E-state index contributed by atoms with van der Waals surface area (Å²) < 4.78 is 5.36. The van der Waals surface area contributed by atoms with Crippen molar-refractivity contribution in [2.24, 2.45) is 5.92 Å². The zero-order chi connectivity index (χ0) is 25.4. The van der Waals surface area contributed by atoms with Crippen molar-refractivity contribution in [3.8, 4) is 17.1 Å². The standard InChI is InChI=1S/C30H36N6O/c1-20-14-23(27-6-7-28(34-27)37-3)16-26-29(20)32-19-33-30(26)36-13-10-22-4-5-25(15-24(22)18-36)31-17-21-8-11-35(2)12-9-21/h4-7,14-16,19,21,31,34H,8-13,17-18H2,1-3H3. The topological polar surface area (TPSA) is 69.3 Å². The number of nitrogens with one attached hydrogen (secondary N) is 2. The largest absolute Gasteiger partial charge is 0.482 e. The van der Waals surface area contributed by atoms with Gasteiger partial charge in [-0.1, -0.05) is 6.07 Å². The molecule has 0 atom stereocenters. The van der Waals surface area contributed by atoms with Gasteiger partial charge in [-0.05, 0) is 105 Å². The predicted octanol–water partition coefficient (Wildman–Crippen LogP) is 5.26. The molecule has 0 unspecified atom stereocenters. The van der Waals surface area contributed by atoms with Gasteiger partial charge in [0.05, 0.1) is 12.6 Å². The van der Waals surface area contributed by atoms with E-state index in [0.29, 0.717) is 0 Å². The van der Waals surface area contributed by atoms with Crippen LogP contribution in [0.5, 0.6) is 5.88 Å². The third-order valence-corrected chi connectivity index (χ3v) is 8.05. The number of anilines is 2. The number of fused-ring (bicyclic) bond motifs is 2. The molecule has 192 valence electrons. The van der Waals surface area contributed by atoms with Crippen molar-refractivity contribution in [1.29, 1.82) is 0 Å². The molecule has 1 saturated heterocycles. The Morgan fingerprint density at radius 3 is 2.70 bits per heavy atom. The van der Waals surface area contributed by atoms with Crippen LogP contribution in [-0.2, 0) is 13.0 Å². The average molecular weight is 497 g/mol. The summed E-state index contributed by atoms with van der Waals surface area (Å²) in [4.78, 5) is 17.6. The van der Waals surface area contributed by atoms with Crippen LogP contribution >= 0.6 is 0 Å². The minimum atomic E-state index is 0.755. The molecule has 0 aliphatic carbocycles. The first kappa shape index (κ1) is 23.8. The summed E-state index contributed by atoms with van der Waals surface area (Å²) in [6.45, 7) is 7.38. The maximum Gasteiger partial charge on any atom is 0.190 e. The van der Waals surface area contributed by atoms with E-state index >= 15 is 0 Å². The molecule has 6 rings (SSSR count). The molecule has 2 aliphatic rings. The van der Waals surface area contributed by atoms with E-state index in [1.54, 1.807) is 13.4 Å². The molecule has 7 nitrogen and oxygen atoms in total. The number of nitrogens with zero attached hydrogens (tertiary/aromatic N) is 4. The Labute approximate surface area is 218 Å². The van der Waals surface area contributed by atoms with Gasteiger partial charge < -0.3 is 24.8 Å². The number of likely N-dealkylation sites (tertiary alicyclic amines) is 1. The van der Waals surface area contributed by atoms with Crippen molar-refractivity contribution in [1.82, 2.24) is 19.9 Å². The first-order valence-corrected chi connectivity index (χ1v) is 13.4. The highest BCUT2D eigenvalue weighted by Gasteiger charge is 2.22. The molecule has 0 saturated carbocycles. The summed E-state index contributed by atoms with van der Waals surface area (Å²) >= 11 is 0. The lowest BCUT2D eigenvalue weighted by atomic mass is 9.96. The Balaban J connectivity index is 1.25. The molecule has 7 heteroatoms. The fourth-order valence-corrected chi connectivity index (χ4v) is 5.78. The van der Waals surface area contributed by atoms with E-state index in [9.17, 15) is 0 Å². The van der Waals surface area contributed by atoms with Gasteiger partial charge in [-0.2, -0.15) is 0 Å². The summed E-state index contributed by atoms with van der Waals surface area (Å²) in [5, 5.41) is 4.82. The van der Waals surface area contributed by atoms with Crippen LogP contribution in [0.3, 0.4) is 0 Å². The van der Waals surface area contributed by atoms with Crippen molar-refractivity contribution in [2.45, 2.75) is 32.7 Å². The molecule has 2 N–H and O–H groups in total. The monoisotopic (exact) mass is 496 g/mol. The Morgan fingerprint density at radius 2 is 1.89 bits per heavy atom. The molecular weight excluding hydrogens is 460 g/mol. The van der Waals surface area contributed by atoms with Crippen molar-refractivity contribution >= 4 is 22.4 Å². The number of rotatable bonds is 6. The number of hydrogen-bond donors (Lipinski definition) is 2.